The van der Waals surface area contributed by atoms with Gasteiger partial charge in [-0.15, -0.1) is 0 Å². The van der Waals surface area contributed by atoms with Crippen molar-refractivity contribution in [3.8, 4) is 0 Å². The first kappa shape index (κ1) is 15.5. The van der Waals surface area contributed by atoms with Gasteiger partial charge in [0.05, 0.1) is 11.0 Å². The van der Waals surface area contributed by atoms with Crippen molar-refractivity contribution in [1.29, 1.82) is 0 Å². The SMILES string of the molecule is CCNC(Cc1ccccc1C)C1CCCCS1(=O)=O. The van der Waals surface area contributed by atoms with E-state index in [0.717, 1.165) is 32.2 Å². The van der Waals surface area contributed by atoms with E-state index in [4.69, 9.17) is 0 Å². The molecule has 20 heavy (non-hydrogen) atoms. The summed E-state index contributed by atoms with van der Waals surface area (Å²) in [6, 6.07) is 8.29. The predicted octanol–water partition coefficient (Wildman–Crippen LogP) is 2.48. The zero-order valence-corrected chi connectivity index (χ0v) is 13.2. The van der Waals surface area contributed by atoms with E-state index in [2.05, 4.69) is 24.4 Å². The summed E-state index contributed by atoms with van der Waals surface area (Å²) in [4.78, 5) is 0. The monoisotopic (exact) mass is 295 g/mol. The first-order valence-electron chi connectivity index (χ1n) is 7.54. The van der Waals surface area contributed by atoms with Crippen molar-refractivity contribution in [2.75, 3.05) is 12.3 Å². The number of sulfone groups is 1. The number of nitrogens with one attached hydrogen (secondary N) is 1. The fourth-order valence-electron chi connectivity index (χ4n) is 3.10. The highest BCUT2D eigenvalue weighted by Crippen LogP contribution is 2.25. The third-order valence-electron chi connectivity index (χ3n) is 4.24. The Morgan fingerprint density at radius 3 is 2.70 bits per heavy atom. The van der Waals surface area contributed by atoms with Crippen LogP contribution in [0.3, 0.4) is 0 Å². The molecular weight excluding hydrogens is 270 g/mol. The van der Waals surface area contributed by atoms with Crippen LogP contribution in [-0.2, 0) is 16.3 Å². The Kier molecular flexibility index (Phi) is 5.22. The van der Waals surface area contributed by atoms with Gasteiger partial charge in [0.1, 0.15) is 0 Å². The molecule has 1 aliphatic rings. The van der Waals surface area contributed by atoms with Crippen molar-refractivity contribution in [3.05, 3.63) is 35.4 Å². The molecule has 0 radical (unpaired) electrons. The summed E-state index contributed by atoms with van der Waals surface area (Å²) in [5.74, 6) is 0.354. The molecule has 0 saturated carbocycles. The summed E-state index contributed by atoms with van der Waals surface area (Å²) in [6.07, 6.45) is 3.44. The Morgan fingerprint density at radius 2 is 2.05 bits per heavy atom. The second-order valence-electron chi connectivity index (χ2n) is 5.70. The molecule has 2 unspecified atom stereocenters. The minimum absolute atomic E-state index is 0.0337. The molecular formula is C16H25NO2S. The maximum absolute atomic E-state index is 12.3. The van der Waals surface area contributed by atoms with E-state index in [1.54, 1.807) is 0 Å². The molecule has 2 rings (SSSR count). The lowest BCUT2D eigenvalue weighted by Gasteiger charge is -2.31. The first-order valence-corrected chi connectivity index (χ1v) is 9.25. The molecule has 1 fully saturated rings. The van der Waals surface area contributed by atoms with Gasteiger partial charge in [0.15, 0.2) is 9.84 Å². The number of aryl methyl sites for hydroxylation is 1. The molecule has 112 valence electrons. The first-order chi connectivity index (χ1) is 9.54. The minimum atomic E-state index is -2.94. The number of rotatable bonds is 5. The Morgan fingerprint density at radius 1 is 1.30 bits per heavy atom. The van der Waals surface area contributed by atoms with Crippen molar-refractivity contribution in [2.24, 2.45) is 0 Å². The highest BCUT2D eigenvalue weighted by atomic mass is 32.2. The van der Waals surface area contributed by atoms with Gasteiger partial charge in [-0.05, 0) is 43.9 Å². The van der Waals surface area contributed by atoms with E-state index in [0.29, 0.717) is 5.75 Å². The van der Waals surface area contributed by atoms with Crippen molar-refractivity contribution >= 4 is 9.84 Å². The van der Waals surface area contributed by atoms with Crippen molar-refractivity contribution in [1.82, 2.24) is 5.32 Å². The summed E-state index contributed by atoms with van der Waals surface area (Å²) in [5, 5.41) is 3.18. The van der Waals surface area contributed by atoms with E-state index in [1.807, 2.05) is 19.1 Å². The summed E-state index contributed by atoms with van der Waals surface area (Å²) in [6.45, 7) is 4.94. The van der Waals surface area contributed by atoms with Gasteiger partial charge in [-0.1, -0.05) is 37.6 Å². The highest BCUT2D eigenvalue weighted by molar-refractivity contribution is 7.92. The molecule has 4 heteroatoms. The number of hydrogen-bond donors (Lipinski definition) is 1. The summed E-state index contributed by atoms with van der Waals surface area (Å²) < 4.78 is 24.7. The number of likely N-dealkylation sites (N-methyl/N-ethyl adjacent to an activating group) is 1. The van der Waals surface area contributed by atoms with Crippen LogP contribution >= 0.6 is 0 Å². The van der Waals surface area contributed by atoms with Crippen LogP contribution in [0, 0.1) is 6.92 Å². The van der Waals surface area contributed by atoms with Crippen molar-refractivity contribution in [2.45, 2.75) is 50.8 Å². The zero-order valence-electron chi connectivity index (χ0n) is 12.4. The van der Waals surface area contributed by atoms with Crippen LogP contribution in [0.25, 0.3) is 0 Å². The van der Waals surface area contributed by atoms with Crippen LogP contribution in [0.4, 0.5) is 0 Å². The molecule has 2 atom stereocenters. The molecule has 1 aromatic rings. The summed E-state index contributed by atoms with van der Waals surface area (Å²) in [5.41, 5.74) is 2.49. The Labute approximate surface area is 122 Å². The largest absolute Gasteiger partial charge is 0.313 e. The van der Waals surface area contributed by atoms with Crippen LogP contribution < -0.4 is 5.32 Å². The molecule has 0 aromatic heterocycles. The maximum Gasteiger partial charge on any atom is 0.154 e. The van der Waals surface area contributed by atoms with Gasteiger partial charge in [0.2, 0.25) is 0 Å². The topological polar surface area (TPSA) is 46.2 Å². The van der Waals surface area contributed by atoms with Crippen LogP contribution in [0.1, 0.15) is 37.3 Å². The van der Waals surface area contributed by atoms with Gasteiger partial charge in [-0.3, -0.25) is 0 Å². The summed E-state index contributed by atoms with van der Waals surface area (Å²) >= 11 is 0. The molecule has 0 amide bonds. The lowest BCUT2D eigenvalue weighted by Crippen LogP contribution is -2.48. The third-order valence-corrected chi connectivity index (χ3v) is 6.59. The predicted molar refractivity (Wildman–Crippen MR) is 83.8 cm³/mol. The average molecular weight is 295 g/mol. The fourth-order valence-corrected chi connectivity index (χ4v) is 5.23. The van der Waals surface area contributed by atoms with Gasteiger partial charge in [0.25, 0.3) is 0 Å². The Balaban J connectivity index is 2.20. The highest BCUT2D eigenvalue weighted by Gasteiger charge is 2.35. The van der Waals surface area contributed by atoms with Gasteiger partial charge >= 0.3 is 0 Å². The molecule has 0 aliphatic carbocycles. The molecule has 0 bridgehead atoms. The average Bonchev–Trinajstić information content (AvgIpc) is 2.40. The van der Waals surface area contributed by atoms with Crippen LogP contribution in [0.15, 0.2) is 24.3 Å². The maximum atomic E-state index is 12.3. The molecule has 1 heterocycles. The van der Waals surface area contributed by atoms with E-state index >= 15 is 0 Å². The molecule has 0 spiro atoms. The number of hydrogen-bond acceptors (Lipinski definition) is 3. The normalized spacial score (nSPS) is 23.4. The molecule has 1 N–H and O–H groups in total. The van der Waals surface area contributed by atoms with E-state index in [1.165, 1.54) is 11.1 Å². The number of benzene rings is 1. The second-order valence-corrected chi connectivity index (χ2v) is 8.04. The zero-order chi connectivity index (χ0) is 14.6. The van der Waals surface area contributed by atoms with Gasteiger partial charge in [-0.2, -0.15) is 0 Å². The van der Waals surface area contributed by atoms with E-state index < -0.39 is 9.84 Å². The fraction of sp³-hybridized carbons (Fsp3) is 0.625. The molecule has 1 aliphatic heterocycles. The van der Waals surface area contributed by atoms with Gasteiger partial charge in [-0.25, -0.2) is 8.42 Å². The standard InChI is InChI=1S/C16H25NO2S/c1-3-17-15(12-14-9-5-4-8-13(14)2)16-10-6-7-11-20(16,18)19/h4-5,8-9,15-17H,3,6-7,10-12H2,1-2H3. The van der Waals surface area contributed by atoms with Crippen LogP contribution in [-0.4, -0.2) is 32.0 Å². The molecule has 3 nitrogen and oxygen atoms in total. The Bertz CT molecular complexity index is 539. The lowest BCUT2D eigenvalue weighted by atomic mass is 9.96. The van der Waals surface area contributed by atoms with E-state index in [-0.39, 0.29) is 11.3 Å². The minimum Gasteiger partial charge on any atom is -0.313 e. The Hall–Kier alpha value is -0.870. The lowest BCUT2D eigenvalue weighted by molar-refractivity contribution is 0.440. The van der Waals surface area contributed by atoms with Gasteiger partial charge in [0, 0.05) is 6.04 Å². The van der Waals surface area contributed by atoms with Gasteiger partial charge < -0.3 is 5.32 Å². The molecule has 1 aromatic carbocycles. The smallest absolute Gasteiger partial charge is 0.154 e. The van der Waals surface area contributed by atoms with Crippen molar-refractivity contribution < 1.29 is 8.42 Å². The molecule has 1 saturated heterocycles. The third kappa shape index (κ3) is 3.61. The summed E-state index contributed by atoms with van der Waals surface area (Å²) in [7, 11) is -2.94. The second kappa shape index (κ2) is 6.72. The van der Waals surface area contributed by atoms with Crippen LogP contribution in [0.5, 0.6) is 0 Å². The van der Waals surface area contributed by atoms with Crippen molar-refractivity contribution in [3.63, 3.8) is 0 Å². The van der Waals surface area contributed by atoms with E-state index in [9.17, 15) is 8.42 Å². The van der Waals surface area contributed by atoms with Crippen LogP contribution in [0.2, 0.25) is 0 Å². The quantitative estimate of drug-likeness (QED) is 0.908.